The van der Waals surface area contributed by atoms with Gasteiger partial charge in [-0.15, -0.1) is 0 Å². The van der Waals surface area contributed by atoms with E-state index in [0.29, 0.717) is 0 Å². The zero-order chi connectivity index (χ0) is 20.4. The molecule has 27 heavy (non-hydrogen) atoms. The molecule has 5 N–H and O–H groups in total. The van der Waals surface area contributed by atoms with Crippen molar-refractivity contribution in [3.8, 4) is 0 Å². The van der Waals surface area contributed by atoms with E-state index in [4.69, 9.17) is 26.5 Å². The van der Waals surface area contributed by atoms with E-state index in [1.807, 2.05) is 0 Å². The van der Waals surface area contributed by atoms with E-state index in [-0.39, 0.29) is 11.7 Å². The highest BCUT2D eigenvalue weighted by atomic mass is 16.6. The second kappa shape index (κ2) is 7.92. The lowest BCUT2D eigenvalue weighted by atomic mass is 9.98. The minimum Gasteiger partial charge on any atom is -0.461 e. The van der Waals surface area contributed by atoms with Gasteiger partial charge in [0.2, 0.25) is 5.72 Å². The zero-order valence-corrected chi connectivity index (χ0v) is 15.2. The summed E-state index contributed by atoms with van der Waals surface area (Å²) >= 11 is 0. The number of azide groups is 1. The molecule has 0 amide bonds. The van der Waals surface area contributed by atoms with E-state index >= 15 is 0 Å². The molecule has 2 rings (SSSR count). The molecule has 1 saturated heterocycles. The molecule has 12 heteroatoms. The molecule has 0 spiro atoms. The minimum atomic E-state index is -1.91. The Morgan fingerprint density at radius 3 is 2.85 bits per heavy atom. The number of nitrogens with zero attached hydrogens (tertiary/aromatic N) is 5. The van der Waals surface area contributed by atoms with Crippen molar-refractivity contribution >= 4 is 11.8 Å². The predicted molar refractivity (Wildman–Crippen MR) is 93.9 cm³/mol. The van der Waals surface area contributed by atoms with Gasteiger partial charge in [-0.2, -0.15) is 4.98 Å². The van der Waals surface area contributed by atoms with Crippen LogP contribution in [0, 0.1) is 11.8 Å². The molecule has 1 fully saturated rings. The number of esters is 1. The summed E-state index contributed by atoms with van der Waals surface area (Å²) in [5, 5.41) is 14.1. The molecule has 0 radical (unpaired) electrons. The molecule has 148 valence electrons. The summed E-state index contributed by atoms with van der Waals surface area (Å²) in [6, 6.07) is 0.503. The molecule has 0 saturated carbocycles. The van der Waals surface area contributed by atoms with Crippen LogP contribution in [-0.2, 0) is 14.3 Å². The lowest BCUT2D eigenvalue weighted by Gasteiger charge is -2.27. The standard InChI is InChI=1S/C15H23N7O5/c1-7(2)10(17)13(24)26-6-15(20-21-18)11(23)8(3)12(27-15)22-5-4-9(16)19-14(22)25/h4-5,7-8,10-12,23H,6,17H2,1-3H3,(H2,16,19,25)/t8-,10-,11-,12?,15?/m0/s1. The van der Waals surface area contributed by atoms with Crippen LogP contribution in [0.15, 0.2) is 22.2 Å². The first-order valence-electron chi connectivity index (χ1n) is 8.32. The van der Waals surface area contributed by atoms with Crippen molar-refractivity contribution in [3.63, 3.8) is 0 Å². The SMILES string of the molecule is CC(C)[C@H](N)C(=O)OCC1(N=[N+]=[N-])OC(n2ccc(N)nc2=O)[C@@H](C)[C@@H]1O. The summed E-state index contributed by atoms with van der Waals surface area (Å²) in [6.07, 6.45) is -1.01. The number of rotatable bonds is 6. The molecule has 12 nitrogen and oxygen atoms in total. The molecule has 2 heterocycles. The first-order chi connectivity index (χ1) is 12.6. The number of anilines is 1. The van der Waals surface area contributed by atoms with E-state index in [1.165, 1.54) is 12.3 Å². The molecular weight excluding hydrogens is 358 g/mol. The fourth-order valence-corrected chi connectivity index (χ4v) is 2.73. The highest BCUT2D eigenvalue weighted by Gasteiger charge is 2.54. The maximum absolute atomic E-state index is 12.1. The first-order valence-corrected chi connectivity index (χ1v) is 8.32. The van der Waals surface area contributed by atoms with Gasteiger partial charge in [0.05, 0.1) is 6.10 Å². The molecule has 1 aromatic heterocycles. The average Bonchev–Trinajstić information content (AvgIpc) is 2.85. The number of aliphatic hydroxyl groups is 1. The van der Waals surface area contributed by atoms with Crippen molar-refractivity contribution in [2.75, 3.05) is 12.3 Å². The summed E-state index contributed by atoms with van der Waals surface area (Å²) in [4.78, 5) is 30.4. The zero-order valence-electron chi connectivity index (χ0n) is 15.2. The van der Waals surface area contributed by atoms with E-state index < -0.39 is 48.3 Å². The molecule has 5 atom stereocenters. The van der Waals surface area contributed by atoms with Crippen LogP contribution in [0.2, 0.25) is 0 Å². The first kappa shape index (κ1) is 20.6. The Labute approximate surface area is 154 Å². The van der Waals surface area contributed by atoms with Crippen LogP contribution in [0.1, 0.15) is 27.0 Å². The van der Waals surface area contributed by atoms with Crippen LogP contribution >= 0.6 is 0 Å². The van der Waals surface area contributed by atoms with Crippen molar-refractivity contribution in [1.82, 2.24) is 9.55 Å². The minimum absolute atomic E-state index is 0.0281. The number of hydrogen-bond donors (Lipinski definition) is 3. The predicted octanol–water partition coefficient (Wildman–Crippen LogP) is -0.116. The highest BCUT2D eigenvalue weighted by Crippen LogP contribution is 2.42. The lowest BCUT2D eigenvalue weighted by molar-refractivity contribution is -0.167. The molecule has 1 aliphatic heterocycles. The van der Waals surface area contributed by atoms with Gasteiger partial charge in [-0.05, 0) is 17.5 Å². The van der Waals surface area contributed by atoms with E-state index in [9.17, 15) is 14.7 Å². The van der Waals surface area contributed by atoms with Gasteiger partial charge in [0, 0.05) is 17.0 Å². The second-order valence-corrected chi connectivity index (χ2v) is 6.77. The maximum atomic E-state index is 12.1. The molecule has 0 aromatic carbocycles. The van der Waals surface area contributed by atoms with Gasteiger partial charge in [-0.1, -0.05) is 25.9 Å². The lowest BCUT2D eigenvalue weighted by Crippen LogP contribution is -2.46. The Morgan fingerprint density at radius 1 is 1.63 bits per heavy atom. The third-order valence-corrected chi connectivity index (χ3v) is 4.49. The fourth-order valence-electron chi connectivity index (χ4n) is 2.73. The van der Waals surface area contributed by atoms with Gasteiger partial charge in [-0.25, -0.2) is 4.79 Å². The van der Waals surface area contributed by atoms with Gasteiger partial charge in [0.15, 0.2) is 0 Å². The number of hydrogen-bond acceptors (Lipinski definition) is 9. The number of aromatic nitrogens is 2. The van der Waals surface area contributed by atoms with Crippen LogP contribution in [0.4, 0.5) is 5.82 Å². The van der Waals surface area contributed by atoms with Crippen molar-refractivity contribution in [1.29, 1.82) is 0 Å². The number of carbonyl (C=O) groups excluding carboxylic acids is 1. The molecule has 2 unspecified atom stereocenters. The normalized spacial score (nSPS) is 28.6. The van der Waals surface area contributed by atoms with Crippen LogP contribution < -0.4 is 17.2 Å². The van der Waals surface area contributed by atoms with Crippen molar-refractivity contribution in [2.24, 2.45) is 22.7 Å². The second-order valence-electron chi connectivity index (χ2n) is 6.77. The Kier molecular flexibility index (Phi) is 6.06. The number of aliphatic hydroxyl groups excluding tert-OH is 1. The maximum Gasteiger partial charge on any atom is 0.351 e. The Balaban J connectivity index is 2.30. The summed E-state index contributed by atoms with van der Waals surface area (Å²) in [6.45, 7) is 4.52. The van der Waals surface area contributed by atoms with Crippen LogP contribution in [0.5, 0.6) is 0 Å². The van der Waals surface area contributed by atoms with Gasteiger partial charge in [-0.3, -0.25) is 9.36 Å². The van der Waals surface area contributed by atoms with Crippen LogP contribution in [0.3, 0.4) is 0 Å². The number of carbonyl (C=O) groups is 1. The van der Waals surface area contributed by atoms with Gasteiger partial charge in [0.25, 0.3) is 0 Å². The van der Waals surface area contributed by atoms with Gasteiger partial charge >= 0.3 is 11.7 Å². The molecule has 0 aliphatic carbocycles. The third kappa shape index (κ3) is 4.03. The number of nitrogens with two attached hydrogens (primary N) is 2. The quantitative estimate of drug-likeness (QED) is 0.263. The summed E-state index contributed by atoms with van der Waals surface area (Å²) < 4.78 is 11.9. The van der Waals surface area contributed by atoms with Crippen LogP contribution in [-0.4, -0.2) is 45.1 Å². The van der Waals surface area contributed by atoms with Gasteiger partial charge < -0.3 is 26.0 Å². The number of ether oxygens (including phenoxy) is 2. The fraction of sp³-hybridized carbons (Fsp3) is 0.667. The average molecular weight is 381 g/mol. The third-order valence-electron chi connectivity index (χ3n) is 4.49. The van der Waals surface area contributed by atoms with E-state index in [0.717, 1.165) is 4.57 Å². The topological polar surface area (TPSA) is 191 Å². The largest absolute Gasteiger partial charge is 0.461 e. The highest BCUT2D eigenvalue weighted by molar-refractivity contribution is 5.75. The Hall–Kier alpha value is -2.66. The van der Waals surface area contributed by atoms with Crippen molar-refractivity contribution < 1.29 is 19.4 Å². The van der Waals surface area contributed by atoms with Crippen molar-refractivity contribution in [2.45, 2.75) is 44.9 Å². The van der Waals surface area contributed by atoms with Crippen molar-refractivity contribution in [3.05, 3.63) is 33.2 Å². The molecule has 0 bridgehead atoms. The summed E-state index contributed by atoms with van der Waals surface area (Å²) in [7, 11) is 0. The van der Waals surface area contributed by atoms with Gasteiger partial charge in [0.1, 0.15) is 24.7 Å². The Morgan fingerprint density at radius 2 is 2.30 bits per heavy atom. The smallest absolute Gasteiger partial charge is 0.351 e. The molecular formula is C15H23N7O5. The summed E-state index contributed by atoms with van der Waals surface area (Å²) in [5.41, 5.74) is 17.5. The number of nitrogen functional groups attached to an aromatic ring is 1. The summed E-state index contributed by atoms with van der Waals surface area (Å²) in [5.74, 6) is -1.55. The van der Waals surface area contributed by atoms with E-state index in [2.05, 4.69) is 15.0 Å². The van der Waals surface area contributed by atoms with E-state index in [1.54, 1.807) is 20.8 Å². The van der Waals surface area contributed by atoms with Crippen LogP contribution in [0.25, 0.3) is 10.4 Å². The monoisotopic (exact) mass is 381 g/mol. The Bertz CT molecular complexity index is 806. The molecule has 1 aromatic rings. The molecule has 1 aliphatic rings.